The van der Waals surface area contributed by atoms with Gasteiger partial charge in [0.15, 0.2) is 0 Å². The standard InChI is InChI=1S/C56H60N2Si4/c1-41-37-47(57(43-21-29-49(59-3)30-22-43)45-25-33-53(34-26-45)61(7,8)51-17-13-11-14-18-51)39-55-42(2)38-48(40-56(41)55)58(44-23-31-50(32-24-44)60(4,5)6)46-27-35-54(36-28-46)62(9,10)52-19-15-12-16-20-52/h11-40H,1-10H3. The van der Waals surface area contributed by atoms with Gasteiger partial charge in [0.2, 0.25) is 0 Å². The van der Waals surface area contributed by atoms with Crippen molar-refractivity contribution in [2.24, 2.45) is 0 Å². The molecule has 0 aliphatic heterocycles. The largest absolute Gasteiger partial charge is 0.310 e. The van der Waals surface area contributed by atoms with Crippen LogP contribution in [0.3, 0.4) is 0 Å². The van der Waals surface area contributed by atoms with Crippen LogP contribution in [0, 0.1) is 13.8 Å². The highest BCUT2D eigenvalue weighted by Crippen LogP contribution is 2.41. The smallest absolute Gasteiger partial charge is 0.112 e. The average Bonchev–Trinajstić information content (AvgIpc) is 3.28. The van der Waals surface area contributed by atoms with Crippen molar-refractivity contribution in [3.8, 4) is 0 Å². The van der Waals surface area contributed by atoms with E-state index in [9.17, 15) is 0 Å². The monoisotopic (exact) mass is 872 g/mol. The van der Waals surface area contributed by atoms with Crippen molar-refractivity contribution in [1.82, 2.24) is 0 Å². The molecule has 0 unspecified atom stereocenters. The minimum absolute atomic E-state index is 0.762. The van der Waals surface area contributed by atoms with E-state index in [1.54, 1.807) is 0 Å². The fourth-order valence-corrected chi connectivity index (χ4v) is 15.3. The van der Waals surface area contributed by atoms with E-state index in [1.165, 1.54) is 87.1 Å². The lowest BCUT2D eigenvalue weighted by Crippen LogP contribution is -2.52. The van der Waals surface area contributed by atoms with Crippen LogP contribution in [-0.4, -0.2) is 33.7 Å². The molecule has 62 heavy (non-hydrogen) atoms. The van der Waals surface area contributed by atoms with Crippen LogP contribution in [0.15, 0.2) is 182 Å². The lowest BCUT2D eigenvalue weighted by atomic mass is 9.98. The summed E-state index contributed by atoms with van der Waals surface area (Å²) in [5, 5.41) is 11.2. The zero-order valence-electron chi connectivity index (χ0n) is 38.2. The first-order chi connectivity index (χ1) is 29.6. The summed E-state index contributed by atoms with van der Waals surface area (Å²) in [6, 6.07) is 69.1. The molecule has 0 bridgehead atoms. The van der Waals surface area contributed by atoms with Gasteiger partial charge in [0.25, 0.3) is 0 Å². The van der Waals surface area contributed by atoms with Crippen molar-refractivity contribution in [3.05, 3.63) is 193 Å². The van der Waals surface area contributed by atoms with Crippen LogP contribution in [-0.2, 0) is 0 Å². The van der Waals surface area contributed by atoms with Gasteiger partial charge < -0.3 is 9.80 Å². The van der Waals surface area contributed by atoms with E-state index >= 15 is 0 Å². The van der Waals surface area contributed by atoms with E-state index in [2.05, 4.69) is 258 Å². The van der Waals surface area contributed by atoms with Gasteiger partial charge in [-0.05, 0) is 109 Å². The van der Waals surface area contributed by atoms with Crippen LogP contribution < -0.4 is 40.9 Å². The lowest BCUT2D eigenvalue weighted by Gasteiger charge is -2.30. The summed E-state index contributed by atoms with van der Waals surface area (Å²) in [4.78, 5) is 4.90. The number of aryl methyl sites for hydroxylation is 2. The molecule has 0 aliphatic carbocycles. The number of fused-ring (bicyclic) bond motifs is 1. The molecular weight excluding hydrogens is 813 g/mol. The number of hydrogen-bond donors (Lipinski definition) is 0. The zero-order valence-corrected chi connectivity index (χ0v) is 42.2. The van der Waals surface area contributed by atoms with Gasteiger partial charge in [0.05, 0.1) is 17.6 Å². The van der Waals surface area contributed by atoms with E-state index in [1.807, 2.05) is 0 Å². The Morgan fingerprint density at radius 1 is 0.339 bits per heavy atom. The average molecular weight is 873 g/mol. The van der Waals surface area contributed by atoms with Crippen LogP contribution in [0.5, 0.6) is 0 Å². The SMILES string of the molecule is C[Si]c1ccc(N(c2ccc([Si](C)(C)c3ccccc3)cc2)c2cc(C)c3cc(N(c4ccc([Si](C)(C)C)cc4)c4ccc([Si](C)(C)c5ccccc5)cc4)cc(C)c3c2)cc1. The van der Waals surface area contributed by atoms with Gasteiger partial charge in [0.1, 0.15) is 16.1 Å². The van der Waals surface area contributed by atoms with E-state index in [0.717, 1.165) is 9.52 Å². The van der Waals surface area contributed by atoms with E-state index in [0.29, 0.717) is 0 Å². The number of rotatable bonds is 12. The Kier molecular flexibility index (Phi) is 12.1. The molecular formula is C56H60N2Si4. The van der Waals surface area contributed by atoms with Gasteiger partial charge in [-0.25, -0.2) is 0 Å². The number of nitrogens with zero attached hydrogens (tertiary/aromatic N) is 2. The summed E-state index contributed by atoms with van der Waals surface area (Å²) in [6.45, 7) is 23.9. The first-order valence-electron chi connectivity index (χ1n) is 22.0. The molecule has 0 atom stereocenters. The zero-order chi connectivity index (χ0) is 43.8. The van der Waals surface area contributed by atoms with Crippen LogP contribution in [0.2, 0.25) is 52.4 Å². The molecule has 0 heterocycles. The van der Waals surface area contributed by atoms with Crippen LogP contribution in [0.25, 0.3) is 10.8 Å². The summed E-state index contributed by atoms with van der Waals surface area (Å²) >= 11 is 0. The third-order valence-corrected chi connectivity index (χ3v) is 23.1. The Morgan fingerprint density at radius 3 is 0.968 bits per heavy atom. The molecule has 0 amide bonds. The van der Waals surface area contributed by atoms with E-state index in [-0.39, 0.29) is 0 Å². The second-order valence-electron chi connectivity index (χ2n) is 19.0. The molecule has 0 saturated carbocycles. The predicted molar refractivity (Wildman–Crippen MR) is 283 cm³/mol. The Balaban J connectivity index is 1.22. The maximum absolute atomic E-state index is 2.46. The summed E-state index contributed by atoms with van der Waals surface area (Å²) in [5.41, 5.74) is 9.55. The van der Waals surface area contributed by atoms with Gasteiger partial charge in [-0.1, -0.05) is 193 Å². The quantitative estimate of drug-likeness (QED) is 0.113. The summed E-state index contributed by atoms with van der Waals surface area (Å²) in [5.74, 6) is 0. The molecule has 8 aromatic carbocycles. The molecule has 6 heteroatoms. The molecule has 0 aromatic heterocycles. The molecule has 0 N–H and O–H groups in total. The molecule has 2 radical (unpaired) electrons. The molecule has 0 saturated heterocycles. The fourth-order valence-electron chi connectivity index (χ4n) is 8.92. The molecule has 0 spiro atoms. The van der Waals surface area contributed by atoms with Crippen molar-refractivity contribution in [3.63, 3.8) is 0 Å². The highest BCUT2D eigenvalue weighted by molar-refractivity contribution is 7.01. The maximum atomic E-state index is 2.46. The number of benzene rings is 8. The summed E-state index contributed by atoms with van der Waals surface area (Å²) < 4.78 is 0. The Labute approximate surface area is 376 Å². The van der Waals surface area contributed by atoms with E-state index in [4.69, 9.17) is 0 Å². The van der Waals surface area contributed by atoms with Crippen molar-refractivity contribution in [2.45, 2.75) is 66.2 Å². The first-order valence-corrected chi connectivity index (χ1v) is 33.0. The van der Waals surface area contributed by atoms with Crippen LogP contribution in [0.1, 0.15) is 11.1 Å². The van der Waals surface area contributed by atoms with Crippen LogP contribution in [0.4, 0.5) is 34.1 Å². The van der Waals surface area contributed by atoms with Crippen LogP contribution >= 0.6 is 0 Å². The first kappa shape index (κ1) is 43.1. The number of anilines is 6. The van der Waals surface area contributed by atoms with Gasteiger partial charge in [-0.15, -0.1) is 0 Å². The molecule has 8 rings (SSSR count). The van der Waals surface area contributed by atoms with Crippen molar-refractivity contribution in [1.29, 1.82) is 0 Å². The van der Waals surface area contributed by atoms with E-state index < -0.39 is 24.2 Å². The highest BCUT2D eigenvalue weighted by Gasteiger charge is 2.28. The Morgan fingerprint density at radius 2 is 0.645 bits per heavy atom. The maximum Gasteiger partial charge on any atom is 0.112 e. The lowest BCUT2D eigenvalue weighted by molar-refractivity contribution is 1.27. The van der Waals surface area contributed by atoms with Crippen molar-refractivity contribution in [2.75, 3.05) is 9.80 Å². The Bertz CT molecular complexity index is 2790. The summed E-state index contributed by atoms with van der Waals surface area (Å²) in [6.07, 6.45) is 0. The molecule has 2 nitrogen and oxygen atoms in total. The number of hydrogen-bond acceptors (Lipinski definition) is 2. The van der Waals surface area contributed by atoms with Gasteiger partial charge in [-0.3, -0.25) is 0 Å². The molecule has 310 valence electrons. The third kappa shape index (κ3) is 8.62. The van der Waals surface area contributed by atoms with Crippen molar-refractivity contribution >= 4 is 110 Å². The van der Waals surface area contributed by atoms with Gasteiger partial charge in [-0.2, -0.15) is 0 Å². The minimum atomic E-state index is -1.86. The highest BCUT2D eigenvalue weighted by atomic mass is 28.3. The van der Waals surface area contributed by atoms with Crippen molar-refractivity contribution < 1.29 is 0 Å². The van der Waals surface area contributed by atoms with Gasteiger partial charge in [0, 0.05) is 34.1 Å². The Hall–Kier alpha value is -5.51. The fraction of sp³-hybridized carbons (Fsp3) is 0.179. The summed E-state index contributed by atoms with van der Waals surface area (Å²) in [7, 11) is -4.43. The third-order valence-electron chi connectivity index (χ3n) is 13.1. The second-order valence-corrected chi connectivity index (χ2v) is 33.9. The molecule has 0 fully saturated rings. The molecule has 8 aromatic rings. The minimum Gasteiger partial charge on any atom is -0.310 e. The second kappa shape index (κ2) is 17.3. The predicted octanol–water partition coefficient (Wildman–Crippen LogP) is 12.0. The molecule has 0 aliphatic rings. The van der Waals surface area contributed by atoms with Gasteiger partial charge >= 0.3 is 0 Å². The topological polar surface area (TPSA) is 6.48 Å². The normalized spacial score (nSPS) is 12.1.